The Hall–Kier alpha value is -2.22. The largest absolute Gasteiger partial charge is 0.325 e. The molecule has 0 radical (unpaired) electrons. The molecule has 0 fully saturated rings. The fourth-order valence-corrected chi connectivity index (χ4v) is 4.21. The summed E-state index contributed by atoms with van der Waals surface area (Å²) in [5.41, 5.74) is 10.7. The Morgan fingerprint density at radius 2 is 0.846 bits per heavy atom. The molecule has 0 spiro atoms. The van der Waals surface area contributed by atoms with Gasteiger partial charge in [0.05, 0.1) is 0 Å². The first kappa shape index (κ1) is 20.1. The molecule has 0 aliphatic carbocycles. The molecule has 0 amide bonds. The Balaban J connectivity index is 0.00000117. The molecule has 0 saturated heterocycles. The molecule has 0 aromatic heterocycles. The SMILES string of the molecule is CC.Cc1cc(C)c(N2C=CN(c3c(C)cc(C)cc3C)C2C)c(C)c1. The summed E-state index contributed by atoms with van der Waals surface area (Å²) >= 11 is 0. The molecule has 0 atom stereocenters. The predicted octanol–water partition coefficient (Wildman–Crippen LogP) is 6.71. The maximum Gasteiger partial charge on any atom is 0.107 e. The van der Waals surface area contributed by atoms with Crippen molar-refractivity contribution in [1.82, 2.24) is 0 Å². The van der Waals surface area contributed by atoms with E-state index >= 15 is 0 Å². The highest BCUT2D eigenvalue weighted by atomic mass is 15.4. The second-order valence-corrected chi connectivity index (χ2v) is 7.24. The lowest BCUT2D eigenvalue weighted by atomic mass is 10.0. The van der Waals surface area contributed by atoms with Crippen LogP contribution in [-0.4, -0.2) is 6.17 Å². The summed E-state index contributed by atoms with van der Waals surface area (Å²) in [5, 5.41) is 0. The van der Waals surface area contributed by atoms with Crippen molar-refractivity contribution in [3.05, 3.63) is 70.0 Å². The van der Waals surface area contributed by atoms with Crippen molar-refractivity contribution in [2.24, 2.45) is 0 Å². The Kier molecular flexibility index (Phi) is 6.17. The lowest BCUT2D eigenvalue weighted by Gasteiger charge is -2.33. The lowest BCUT2D eigenvalue weighted by molar-refractivity contribution is 0.742. The van der Waals surface area contributed by atoms with Gasteiger partial charge in [-0.05, 0) is 70.7 Å². The zero-order chi connectivity index (χ0) is 19.6. The Bertz CT molecular complexity index is 703. The van der Waals surface area contributed by atoms with Crippen LogP contribution in [0, 0.1) is 41.5 Å². The number of aryl methyl sites for hydroxylation is 6. The van der Waals surface area contributed by atoms with Gasteiger partial charge in [0.2, 0.25) is 0 Å². The normalized spacial score (nSPS) is 13.9. The van der Waals surface area contributed by atoms with Gasteiger partial charge in [-0.2, -0.15) is 0 Å². The van der Waals surface area contributed by atoms with Crippen LogP contribution >= 0.6 is 0 Å². The molecule has 0 bridgehead atoms. The summed E-state index contributed by atoms with van der Waals surface area (Å²) in [7, 11) is 0. The molecule has 3 rings (SSSR count). The quantitative estimate of drug-likeness (QED) is 0.594. The topological polar surface area (TPSA) is 6.48 Å². The zero-order valence-electron chi connectivity index (χ0n) is 17.9. The molecule has 1 aliphatic heterocycles. The molecule has 0 saturated carbocycles. The van der Waals surface area contributed by atoms with E-state index in [-0.39, 0.29) is 6.17 Å². The van der Waals surface area contributed by atoms with Crippen LogP contribution in [0.1, 0.15) is 54.2 Å². The van der Waals surface area contributed by atoms with Gasteiger partial charge in [0.15, 0.2) is 0 Å². The molecule has 0 N–H and O–H groups in total. The van der Waals surface area contributed by atoms with Crippen LogP contribution in [0.3, 0.4) is 0 Å². The Labute approximate surface area is 160 Å². The zero-order valence-corrected chi connectivity index (χ0v) is 17.9. The van der Waals surface area contributed by atoms with Gasteiger partial charge in [0.25, 0.3) is 0 Å². The summed E-state index contributed by atoms with van der Waals surface area (Å²) in [6.45, 7) is 19.4. The van der Waals surface area contributed by atoms with Gasteiger partial charge in [-0.15, -0.1) is 0 Å². The standard InChI is InChI=1S/C22H28N2.C2H6/c1-14-10-16(3)21(17(4)11-14)23-8-9-24(20(23)7)22-18(5)12-15(2)13-19(22)6;1-2/h8-13,20H,1-7H3;1-2H3. The van der Waals surface area contributed by atoms with E-state index in [2.05, 4.69) is 94.9 Å². The highest BCUT2D eigenvalue weighted by Crippen LogP contribution is 2.36. The number of rotatable bonds is 2. The van der Waals surface area contributed by atoms with E-state index in [1.165, 1.54) is 44.8 Å². The molecule has 2 heteroatoms. The summed E-state index contributed by atoms with van der Waals surface area (Å²) in [6.07, 6.45) is 4.70. The molecule has 140 valence electrons. The van der Waals surface area contributed by atoms with Crippen LogP contribution in [0.4, 0.5) is 11.4 Å². The van der Waals surface area contributed by atoms with Crippen molar-refractivity contribution in [3.8, 4) is 0 Å². The van der Waals surface area contributed by atoms with E-state index in [0.717, 1.165) is 0 Å². The molecule has 2 nitrogen and oxygen atoms in total. The minimum Gasteiger partial charge on any atom is -0.325 e. The number of benzene rings is 2. The molecule has 1 aliphatic rings. The predicted molar refractivity (Wildman–Crippen MR) is 116 cm³/mol. The van der Waals surface area contributed by atoms with Crippen LogP contribution in [-0.2, 0) is 0 Å². The van der Waals surface area contributed by atoms with Crippen LogP contribution in [0.2, 0.25) is 0 Å². The third kappa shape index (κ3) is 3.65. The molecule has 1 heterocycles. The monoisotopic (exact) mass is 350 g/mol. The van der Waals surface area contributed by atoms with Gasteiger partial charge in [-0.25, -0.2) is 0 Å². The van der Waals surface area contributed by atoms with Gasteiger partial charge in [-0.3, -0.25) is 0 Å². The van der Waals surface area contributed by atoms with Crippen LogP contribution in [0.5, 0.6) is 0 Å². The van der Waals surface area contributed by atoms with Crippen LogP contribution in [0.15, 0.2) is 36.7 Å². The van der Waals surface area contributed by atoms with Crippen molar-refractivity contribution < 1.29 is 0 Å². The Morgan fingerprint density at radius 3 is 1.12 bits per heavy atom. The van der Waals surface area contributed by atoms with Gasteiger partial charge in [0, 0.05) is 23.8 Å². The molecule has 2 aromatic carbocycles. The third-order valence-corrected chi connectivity index (χ3v) is 4.98. The average molecular weight is 351 g/mol. The van der Waals surface area contributed by atoms with Crippen molar-refractivity contribution in [2.45, 2.75) is 68.5 Å². The third-order valence-electron chi connectivity index (χ3n) is 4.98. The van der Waals surface area contributed by atoms with Gasteiger partial charge in [-0.1, -0.05) is 49.2 Å². The number of hydrogen-bond donors (Lipinski definition) is 0. The fourth-order valence-electron chi connectivity index (χ4n) is 4.21. The van der Waals surface area contributed by atoms with Gasteiger partial charge in [0.1, 0.15) is 6.17 Å². The number of hydrogen-bond acceptors (Lipinski definition) is 2. The first-order valence-corrected chi connectivity index (χ1v) is 9.70. The van der Waals surface area contributed by atoms with Crippen molar-refractivity contribution >= 4 is 11.4 Å². The molecule has 26 heavy (non-hydrogen) atoms. The summed E-state index contributed by atoms with van der Waals surface area (Å²) in [5.74, 6) is 0. The molecular weight excluding hydrogens is 316 g/mol. The highest BCUT2D eigenvalue weighted by molar-refractivity contribution is 5.70. The van der Waals surface area contributed by atoms with E-state index in [1.807, 2.05) is 13.8 Å². The van der Waals surface area contributed by atoms with Crippen molar-refractivity contribution in [2.75, 3.05) is 9.80 Å². The first-order chi connectivity index (χ1) is 12.3. The minimum absolute atomic E-state index is 0.269. The van der Waals surface area contributed by atoms with Crippen molar-refractivity contribution in [1.29, 1.82) is 0 Å². The molecular formula is C24H34N2. The fraction of sp³-hybridized carbons (Fsp3) is 0.417. The minimum atomic E-state index is 0.269. The number of anilines is 2. The lowest BCUT2D eigenvalue weighted by Crippen LogP contribution is -2.37. The Morgan fingerprint density at radius 1 is 0.577 bits per heavy atom. The van der Waals surface area contributed by atoms with E-state index in [0.29, 0.717) is 0 Å². The highest BCUT2D eigenvalue weighted by Gasteiger charge is 2.28. The average Bonchev–Trinajstić information content (AvgIpc) is 2.89. The first-order valence-electron chi connectivity index (χ1n) is 9.70. The second kappa shape index (κ2) is 7.99. The molecule has 2 aromatic rings. The van der Waals surface area contributed by atoms with Gasteiger partial charge < -0.3 is 9.80 Å². The summed E-state index contributed by atoms with van der Waals surface area (Å²) in [4.78, 5) is 4.78. The number of nitrogens with zero attached hydrogens (tertiary/aromatic N) is 2. The summed E-state index contributed by atoms with van der Waals surface area (Å²) < 4.78 is 0. The second-order valence-electron chi connectivity index (χ2n) is 7.24. The maximum absolute atomic E-state index is 2.39. The van der Waals surface area contributed by atoms with Crippen molar-refractivity contribution in [3.63, 3.8) is 0 Å². The van der Waals surface area contributed by atoms with E-state index in [9.17, 15) is 0 Å². The maximum atomic E-state index is 2.39. The van der Waals surface area contributed by atoms with Crippen LogP contribution < -0.4 is 9.80 Å². The summed E-state index contributed by atoms with van der Waals surface area (Å²) in [6, 6.07) is 9.09. The van der Waals surface area contributed by atoms with E-state index < -0.39 is 0 Å². The molecule has 0 unspecified atom stereocenters. The van der Waals surface area contributed by atoms with Crippen LogP contribution in [0.25, 0.3) is 0 Å². The van der Waals surface area contributed by atoms with Gasteiger partial charge >= 0.3 is 0 Å². The van der Waals surface area contributed by atoms with E-state index in [4.69, 9.17) is 0 Å². The van der Waals surface area contributed by atoms with E-state index in [1.54, 1.807) is 0 Å². The smallest absolute Gasteiger partial charge is 0.107 e.